The molecule has 1 aromatic rings. The first-order valence-corrected chi connectivity index (χ1v) is 9.70. The first-order valence-electron chi connectivity index (χ1n) is 8.94. The number of hydrogen-bond acceptors (Lipinski definition) is 3. The van der Waals surface area contributed by atoms with Gasteiger partial charge in [-0.1, -0.05) is 35.4 Å². The molecule has 1 saturated carbocycles. The lowest BCUT2D eigenvalue weighted by Crippen LogP contribution is -2.50. The van der Waals surface area contributed by atoms with E-state index >= 15 is 0 Å². The second-order valence-electron chi connectivity index (χ2n) is 7.29. The van der Waals surface area contributed by atoms with E-state index in [-0.39, 0.29) is 35.5 Å². The van der Waals surface area contributed by atoms with E-state index in [2.05, 4.69) is 22.8 Å². The van der Waals surface area contributed by atoms with E-state index in [1.807, 2.05) is 0 Å². The molecule has 1 aromatic carbocycles. The Hall–Kier alpha value is -2.05. The maximum absolute atomic E-state index is 12.9. The molecule has 6 nitrogen and oxygen atoms in total. The molecule has 5 rings (SSSR count). The van der Waals surface area contributed by atoms with Crippen molar-refractivity contribution in [3.05, 3.63) is 40.4 Å². The molecule has 1 heterocycles. The van der Waals surface area contributed by atoms with Crippen molar-refractivity contribution in [1.29, 1.82) is 0 Å². The summed E-state index contributed by atoms with van der Waals surface area (Å²) >= 11 is 11.9. The van der Waals surface area contributed by atoms with Crippen LogP contribution in [0.4, 0.5) is 10.5 Å². The minimum absolute atomic E-state index is 0.121. The Morgan fingerprint density at radius 3 is 2.22 bits per heavy atom. The van der Waals surface area contributed by atoms with Gasteiger partial charge >= 0.3 is 6.03 Å². The average molecular weight is 408 g/mol. The minimum Gasteiger partial charge on any atom is -0.317 e. The standard InChI is InChI=1S/C19H19Cl2N3O3/c1-9(22-19(27)23-14-7-6-12(20)8-13(14)21)24-17(25)15-10-2-3-11(5-4-10)16(15)18(24)26/h2-3,6-11,15-16H,4-5H2,1H3,(H2,22,23,27)/t9-,10-,11-,15-,16+/m0/s1. The summed E-state index contributed by atoms with van der Waals surface area (Å²) in [7, 11) is 0. The maximum Gasteiger partial charge on any atom is 0.320 e. The minimum atomic E-state index is -0.749. The number of hydrogen-bond donors (Lipinski definition) is 2. The fourth-order valence-electron chi connectivity index (χ4n) is 4.48. The number of urea groups is 1. The van der Waals surface area contributed by atoms with Gasteiger partial charge in [0.25, 0.3) is 0 Å². The van der Waals surface area contributed by atoms with Crippen molar-refractivity contribution in [3.63, 3.8) is 0 Å². The number of carbonyl (C=O) groups excluding carboxylic acids is 3. The summed E-state index contributed by atoms with van der Waals surface area (Å²) in [4.78, 5) is 39.3. The zero-order chi connectivity index (χ0) is 19.3. The molecule has 1 aliphatic heterocycles. The van der Waals surface area contributed by atoms with Crippen LogP contribution in [-0.4, -0.2) is 28.9 Å². The largest absolute Gasteiger partial charge is 0.320 e. The number of imide groups is 1. The second kappa shape index (κ2) is 6.84. The number of likely N-dealkylation sites (tertiary alicyclic amines) is 1. The van der Waals surface area contributed by atoms with Crippen LogP contribution in [0.1, 0.15) is 19.8 Å². The topological polar surface area (TPSA) is 78.5 Å². The Bertz CT molecular complexity index is 825. The van der Waals surface area contributed by atoms with Gasteiger partial charge in [0.15, 0.2) is 0 Å². The van der Waals surface area contributed by atoms with Gasteiger partial charge in [-0.3, -0.25) is 14.5 Å². The van der Waals surface area contributed by atoms with Crippen molar-refractivity contribution >= 4 is 46.7 Å². The molecule has 2 fully saturated rings. The number of benzene rings is 1. The quantitative estimate of drug-likeness (QED) is 0.592. The highest BCUT2D eigenvalue weighted by atomic mass is 35.5. The van der Waals surface area contributed by atoms with Crippen molar-refractivity contribution in [3.8, 4) is 0 Å². The smallest absolute Gasteiger partial charge is 0.317 e. The van der Waals surface area contributed by atoms with Gasteiger partial charge in [-0.2, -0.15) is 0 Å². The number of nitrogens with one attached hydrogen (secondary N) is 2. The second-order valence-corrected chi connectivity index (χ2v) is 8.13. The van der Waals surface area contributed by atoms with Gasteiger partial charge in [0.05, 0.1) is 22.5 Å². The highest BCUT2D eigenvalue weighted by Gasteiger charge is 2.57. The summed E-state index contributed by atoms with van der Waals surface area (Å²) in [5.41, 5.74) is 0.390. The van der Waals surface area contributed by atoms with Gasteiger partial charge in [0, 0.05) is 5.02 Å². The highest BCUT2D eigenvalue weighted by molar-refractivity contribution is 6.36. The van der Waals surface area contributed by atoms with Gasteiger partial charge in [-0.15, -0.1) is 0 Å². The number of halogens is 2. The lowest BCUT2D eigenvalue weighted by atomic mass is 9.63. The summed E-state index contributed by atoms with van der Waals surface area (Å²) in [6.45, 7) is 1.63. The number of rotatable bonds is 3. The Labute approximate surface area is 166 Å². The lowest BCUT2D eigenvalue weighted by molar-refractivity contribution is -0.142. The molecule has 142 valence electrons. The molecule has 0 aromatic heterocycles. The van der Waals surface area contributed by atoms with Crippen LogP contribution in [0.25, 0.3) is 0 Å². The third kappa shape index (κ3) is 3.11. The molecule has 8 heteroatoms. The first-order chi connectivity index (χ1) is 12.9. The number of fused-ring (bicyclic) bond motifs is 1. The van der Waals surface area contributed by atoms with E-state index in [4.69, 9.17) is 23.2 Å². The highest BCUT2D eigenvalue weighted by Crippen LogP contribution is 2.49. The maximum atomic E-state index is 12.9. The monoisotopic (exact) mass is 407 g/mol. The molecule has 3 aliphatic carbocycles. The van der Waals surface area contributed by atoms with Gasteiger partial charge in [0.2, 0.25) is 11.8 Å². The van der Waals surface area contributed by atoms with Crippen LogP contribution in [0.15, 0.2) is 30.4 Å². The van der Waals surface area contributed by atoms with Crippen molar-refractivity contribution in [2.75, 3.05) is 5.32 Å². The molecule has 4 aliphatic rings. The molecule has 2 N–H and O–H groups in total. The molecular formula is C19H19Cl2N3O3. The molecule has 1 saturated heterocycles. The number of amides is 4. The fourth-order valence-corrected chi connectivity index (χ4v) is 4.94. The number of nitrogens with zero attached hydrogens (tertiary/aromatic N) is 1. The predicted molar refractivity (Wildman–Crippen MR) is 102 cm³/mol. The summed E-state index contributed by atoms with van der Waals surface area (Å²) in [5, 5.41) is 6.02. The van der Waals surface area contributed by atoms with Gasteiger partial charge in [-0.05, 0) is 49.8 Å². The molecule has 2 bridgehead atoms. The van der Waals surface area contributed by atoms with E-state index in [9.17, 15) is 14.4 Å². The molecule has 0 spiro atoms. The van der Waals surface area contributed by atoms with Crippen LogP contribution >= 0.6 is 23.2 Å². The number of carbonyl (C=O) groups is 3. The van der Waals surface area contributed by atoms with Crippen LogP contribution in [0.2, 0.25) is 10.0 Å². The summed E-state index contributed by atoms with van der Waals surface area (Å²) in [5.74, 6) is -0.730. The van der Waals surface area contributed by atoms with E-state index in [1.54, 1.807) is 19.1 Å². The zero-order valence-electron chi connectivity index (χ0n) is 14.6. The van der Waals surface area contributed by atoms with Crippen molar-refractivity contribution in [2.45, 2.75) is 25.9 Å². The van der Waals surface area contributed by atoms with E-state index < -0.39 is 12.2 Å². The molecule has 4 amide bonds. The molecular weight excluding hydrogens is 389 g/mol. The van der Waals surface area contributed by atoms with E-state index in [0.29, 0.717) is 15.7 Å². The Balaban J connectivity index is 1.45. The Morgan fingerprint density at radius 2 is 1.70 bits per heavy atom. The zero-order valence-corrected chi connectivity index (χ0v) is 16.1. The van der Waals surface area contributed by atoms with Gasteiger partial charge < -0.3 is 10.6 Å². The van der Waals surface area contributed by atoms with Crippen molar-refractivity contribution in [1.82, 2.24) is 10.2 Å². The summed E-state index contributed by atoms with van der Waals surface area (Å²) in [6, 6.07) is 4.15. The fraction of sp³-hybridized carbons (Fsp3) is 0.421. The van der Waals surface area contributed by atoms with Gasteiger partial charge in [-0.25, -0.2) is 4.79 Å². The molecule has 5 atom stereocenters. The van der Waals surface area contributed by atoms with Crippen molar-refractivity contribution < 1.29 is 14.4 Å². The predicted octanol–water partition coefficient (Wildman–Crippen LogP) is 3.66. The van der Waals surface area contributed by atoms with Crippen LogP contribution in [-0.2, 0) is 9.59 Å². The normalized spacial score (nSPS) is 29.7. The number of anilines is 1. The van der Waals surface area contributed by atoms with Gasteiger partial charge in [0.1, 0.15) is 6.17 Å². The molecule has 27 heavy (non-hydrogen) atoms. The van der Waals surface area contributed by atoms with E-state index in [1.165, 1.54) is 11.0 Å². The summed E-state index contributed by atoms with van der Waals surface area (Å²) < 4.78 is 0. The van der Waals surface area contributed by atoms with Crippen LogP contribution in [0.3, 0.4) is 0 Å². The Morgan fingerprint density at radius 1 is 1.11 bits per heavy atom. The molecule has 0 radical (unpaired) electrons. The third-order valence-corrected chi connectivity index (χ3v) is 6.25. The third-order valence-electron chi connectivity index (χ3n) is 5.70. The van der Waals surface area contributed by atoms with Crippen molar-refractivity contribution in [2.24, 2.45) is 23.7 Å². The SMILES string of the molecule is C[C@@H](NC(=O)Nc1ccc(Cl)cc1Cl)N1C(=O)[C@@H]2[C@H](C1=O)[C@H]1C=C[C@H]2CC1. The van der Waals surface area contributed by atoms with Crippen LogP contribution in [0, 0.1) is 23.7 Å². The molecule has 0 unspecified atom stereocenters. The van der Waals surface area contributed by atoms with Crippen LogP contribution < -0.4 is 10.6 Å². The first kappa shape index (κ1) is 18.3. The Kier molecular flexibility index (Phi) is 4.64. The van der Waals surface area contributed by atoms with E-state index in [0.717, 1.165) is 12.8 Å². The lowest BCUT2D eigenvalue weighted by Gasteiger charge is -2.38. The van der Waals surface area contributed by atoms with Crippen LogP contribution in [0.5, 0.6) is 0 Å². The average Bonchev–Trinajstić information content (AvgIpc) is 2.91. The number of allylic oxidation sites excluding steroid dienone is 2. The summed E-state index contributed by atoms with van der Waals surface area (Å²) in [6.07, 6.45) is 5.26.